The van der Waals surface area contributed by atoms with E-state index in [9.17, 15) is 4.79 Å². The summed E-state index contributed by atoms with van der Waals surface area (Å²) in [5.74, 6) is 0.769. The maximum atomic E-state index is 12.8. The Morgan fingerprint density at radius 2 is 2.00 bits per heavy atom. The van der Waals surface area contributed by atoms with E-state index in [1.807, 2.05) is 51.1 Å². The zero-order valence-corrected chi connectivity index (χ0v) is 15.8. The molecule has 2 amide bonds. The van der Waals surface area contributed by atoms with Crippen molar-refractivity contribution in [1.82, 2.24) is 14.9 Å². The summed E-state index contributed by atoms with van der Waals surface area (Å²) < 4.78 is 5.42. The number of ether oxygens (including phenoxy) is 1. The molecular formula is C20H24N4O2. The molecule has 1 atom stereocenters. The van der Waals surface area contributed by atoms with Gasteiger partial charge in [-0.3, -0.25) is 0 Å². The number of benzene rings is 2. The van der Waals surface area contributed by atoms with Crippen molar-refractivity contribution >= 4 is 22.8 Å². The van der Waals surface area contributed by atoms with Gasteiger partial charge < -0.3 is 19.9 Å². The van der Waals surface area contributed by atoms with Crippen LogP contribution in [0.25, 0.3) is 11.0 Å². The third-order valence-corrected chi connectivity index (χ3v) is 5.01. The lowest BCUT2D eigenvalue weighted by Crippen LogP contribution is -2.34. The Morgan fingerprint density at radius 3 is 2.73 bits per heavy atom. The first kappa shape index (κ1) is 17.8. The lowest BCUT2D eigenvalue weighted by molar-refractivity contribution is 0.207. The minimum Gasteiger partial charge on any atom is -0.496 e. The highest BCUT2D eigenvalue weighted by Crippen LogP contribution is 2.30. The van der Waals surface area contributed by atoms with Crippen LogP contribution in [0.2, 0.25) is 0 Å². The highest BCUT2D eigenvalue weighted by Gasteiger charge is 2.21. The smallest absolute Gasteiger partial charge is 0.322 e. The zero-order chi connectivity index (χ0) is 18.8. The monoisotopic (exact) mass is 352 g/mol. The quantitative estimate of drug-likeness (QED) is 0.730. The van der Waals surface area contributed by atoms with E-state index in [1.165, 1.54) is 0 Å². The van der Waals surface area contributed by atoms with Crippen LogP contribution in [-0.2, 0) is 0 Å². The molecule has 6 heteroatoms. The molecule has 0 saturated heterocycles. The molecule has 0 saturated carbocycles. The third-order valence-electron chi connectivity index (χ3n) is 5.01. The van der Waals surface area contributed by atoms with Gasteiger partial charge in [0.2, 0.25) is 0 Å². The Morgan fingerprint density at radius 1 is 1.27 bits per heavy atom. The van der Waals surface area contributed by atoms with Crippen LogP contribution in [0, 0.1) is 13.8 Å². The first-order valence-corrected chi connectivity index (χ1v) is 8.54. The number of urea groups is 1. The molecule has 6 nitrogen and oxygen atoms in total. The summed E-state index contributed by atoms with van der Waals surface area (Å²) in [6.07, 6.45) is 1.67. The first-order valence-electron chi connectivity index (χ1n) is 8.54. The number of aromatic amines is 1. The average Bonchev–Trinajstić information content (AvgIpc) is 3.13. The summed E-state index contributed by atoms with van der Waals surface area (Å²) >= 11 is 0. The van der Waals surface area contributed by atoms with E-state index < -0.39 is 0 Å². The van der Waals surface area contributed by atoms with Crippen molar-refractivity contribution in [2.45, 2.75) is 26.8 Å². The average molecular weight is 352 g/mol. The van der Waals surface area contributed by atoms with Crippen molar-refractivity contribution < 1.29 is 9.53 Å². The molecule has 0 unspecified atom stereocenters. The van der Waals surface area contributed by atoms with Crippen molar-refractivity contribution in [2.24, 2.45) is 0 Å². The molecule has 0 aliphatic carbocycles. The molecule has 2 N–H and O–H groups in total. The number of rotatable bonds is 4. The van der Waals surface area contributed by atoms with Crippen molar-refractivity contribution in [1.29, 1.82) is 0 Å². The van der Waals surface area contributed by atoms with Gasteiger partial charge in [-0.05, 0) is 44.0 Å². The second-order valence-electron chi connectivity index (χ2n) is 6.43. The van der Waals surface area contributed by atoms with Crippen LogP contribution in [0.4, 0.5) is 10.5 Å². The second-order valence-corrected chi connectivity index (χ2v) is 6.43. The number of hydrogen-bond donors (Lipinski definition) is 2. The number of aryl methyl sites for hydroxylation is 1. The lowest BCUT2D eigenvalue weighted by atomic mass is 10.1. The highest BCUT2D eigenvalue weighted by molar-refractivity contribution is 5.94. The van der Waals surface area contributed by atoms with Crippen molar-refractivity contribution in [3.63, 3.8) is 0 Å². The number of aromatic nitrogens is 2. The van der Waals surface area contributed by atoms with E-state index in [0.717, 1.165) is 39.2 Å². The van der Waals surface area contributed by atoms with Crippen LogP contribution in [0.1, 0.15) is 29.7 Å². The molecule has 0 spiro atoms. The number of para-hydroxylation sites is 1. The number of methoxy groups -OCH3 is 1. The van der Waals surface area contributed by atoms with E-state index >= 15 is 0 Å². The number of carbonyl (C=O) groups is 1. The lowest BCUT2D eigenvalue weighted by Gasteiger charge is -2.27. The fourth-order valence-electron chi connectivity index (χ4n) is 3.07. The van der Waals surface area contributed by atoms with Gasteiger partial charge in [-0.15, -0.1) is 0 Å². The molecule has 0 bridgehead atoms. The topological polar surface area (TPSA) is 70.2 Å². The number of H-pyrrole nitrogens is 1. The Hall–Kier alpha value is -3.02. The van der Waals surface area contributed by atoms with Gasteiger partial charge >= 0.3 is 6.03 Å². The number of carbonyl (C=O) groups excluding carboxylic acids is 1. The molecule has 26 heavy (non-hydrogen) atoms. The van der Waals surface area contributed by atoms with Gasteiger partial charge in [0.25, 0.3) is 0 Å². The molecule has 3 aromatic rings. The van der Waals surface area contributed by atoms with Crippen LogP contribution >= 0.6 is 0 Å². The number of nitrogens with one attached hydrogen (secondary N) is 2. The molecule has 2 aromatic carbocycles. The summed E-state index contributed by atoms with van der Waals surface area (Å²) in [6, 6.07) is 9.34. The fraction of sp³-hybridized carbons (Fsp3) is 0.300. The number of amides is 2. The number of imidazole rings is 1. The van der Waals surface area contributed by atoms with Crippen LogP contribution in [0.3, 0.4) is 0 Å². The van der Waals surface area contributed by atoms with Gasteiger partial charge in [-0.1, -0.05) is 18.2 Å². The van der Waals surface area contributed by atoms with Gasteiger partial charge in [0.05, 0.1) is 30.5 Å². The molecule has 1 aromatic heterocycles. The van der Waals surface area contributed by atoms with Gasteiger partial charge in [-0.25, -0.2) is 9.78 Å². The summed E-state index contributed by atoms with van der Waals surface area (Å²) in [5.41, 5.74) is 5.64. The summed E-state index contributed by atoms with van der Waals surface area (Å²) in [4.78, 5) is 21.9. The number of anilines is 1. The molecular weight excluding hydrogens is 328 g/mol. The Bertz CT molecular complexity index is 948. The fourth-order valence-corrected chi connectivity index (χ4v) is 3.07. The maximum Gasteiger partial charge on any atom is 0.322 e. The van der Waals surface area contributed by atoms with Crippen molar-refractivity contribution in [3.8, 4) is 5.75 Å². The van der Waals surface area contributed by atoms with E-state index in [-0.39, 0.29) is 12.1 Å². The van der Waals surface area contributed by atoms with Crippen molar-refractivity contribution in [2.75, 3.05) is 19.5 Å². The van der Waals surface area contributed by atoms with Gasteiger partial charge in [0, 0.05) is 18.3 Å². The predicted molar refractivity (Wildman–Crippen MR) is 104 cm³/mol. The number of hydrogen-bond acceptors (Lipinski definition) is 3. The second kappa shape index (κ2) is 7.07. The summed E-state index contributed by atoms with van der Waals surface area (Å²) in [7, 11) is 3.42. The predicted octanol–water partition coefficient (Wildman–Crippen LogP) is 4.41. The van der Waals surface area contributed by atoms with Crippen LogP contribution in [0.15, 0.2) is 36.7 Å². The molecule has 0 aliphatic heterocycles. The summed E-state index contributed by atoms with van der Waals surface area (Å²) in [5, 5.41) is 3.02. The molecule has 3 rings (SSSR count). The molecule has 0 radical (unpaired) electrons. The zero-order valence-electron chi connectivity index (χ0n) is 15.8. The Labute approximate surface area is 153 Å². The largest absolute Gasteiger partial charge is 0.496 e. The Kier molecular flexibility index (Phi) is 4.84. The molecule has 0 fully saturated rings. The van der Waals surface area contributed by atoms with Gasteiger partial charge in [-0.2, -0.15) is 0 Å². The molecule has 1 heterocycles. The molecule has 136 valence electrons. The Balaban J connectivity index is 1.84. The van der Waals surface area contributed by atoms with Crippen LogP contribution in [-0.4, -0.2) is 35.1 Å². The van der Waals surface area contributed by atoms with Gasteiger partial charge in [0.15, 0.2) is 0 Å². The minimum absolute atomic E-state index is 0.136. The standard InChI is InChI=1S/C20H24N4O2/c1-12-13(2)19-17(21-11-22-19)10-16(12)23-20(25)24(4)14(3)15-8-6-7-9-18(15)26-5/h6-11,14H,1-5H3,(H,21,22)(H,23,25)/t14-/m0/s1. The summed E-state index contributed by atoms with van der Waals surface area (Å²) in [6.45, 7) is 5.98. The van der Waals surface area contributed by atoms with E-state index in [0.29, 0.717) is 0 Å². The van der Waals surface area contributed by atoms with Crippen LogP contribution in [0.5, 0.6) is 5.75 Å². The SMILES string of the molecule is COc1ccccc1[C@H](C)N(C)C(=O)Nc1cc2[nH]cnc2c(C)c1C. The number of fused-ring (bicyclic) bond motifs is 1. The van der Waals surface area contributed by atoms with Crippen LogP contribution < -0.4 is 10.1 Å². The van der Waals surface area contributed by atoms with E-state index in [4.69, 9.17) is 4.74 Å². The normalized spacial score (nSPS) is 12.0. The molecule has 0 aliphatic rings. The first-order chi connectivity index (χ1) is 12.4. The minimum atomic E-state index is -0.176. The van der Waals surface area contributed by atoms with E-state index in [2.05, 4.69) is 15.3 Å². The van der Waals surface area contributed by atoms with E-state index in [1.54, 1.807) is 25.4 Å². The highest BCUT2D eigenvalue weighted by atomic mass is 16.5. The third kappa shape index (κ3) is 3.10. The van der Waals surface area contributed by atoms with Crippen molar-refractivity contribution in [3.05, 3.63) is 53.3 Å². The maximum absolute atomic E-state index is 12.8. The van der Waals surface area contributed by atoms with Gasteiger partial charge in [0.1, 0.15) is 5.75 Å². The number of nitrogens with zero attached hydrogens (tertiary/aromatic N) is 2.